The minimum Gasteiger partial charge on any atom is -0.399 e. The van der Waals surface area contributed by atoms with Crippen molar-refractivity contribution in [3.63, 3.8) is 0 Å². The third-order valence-corrected chi connectivity index (χ3v) is 2.98. The number of rotatable bonds is 3. The van der Waals surface area contributed by atoms with Gasteiger partial charge in [-0.25, -0.2) is 13.9 Å². The fourth-order valence-corrected chi connectivity index (χ4v) is 1.94. The van der Waals surface area contributed by atoms with Crippen LogP contribution < -0.4 is 11.4 Å². The molecular formula is C13H13N5O. The molecule has 0 amide bonds. The molecule has 3 rings (SSSR count). The Labute approximate surface area is 109 Å². The molecule has 0 atom stereocenters. The average molecular weight is 255 g/mol. The van der Waals surface area contributed by atoms with E-state index in [0.29, 0.717) is 12.2 Å². The lowest BCUT2D eigenvalue weighted by molar-refractivity contribution is 0.593. The van der Waals surface area contributed by atoms with E-state index in [1.807, 2.05) is 24.3 Å². The number of nitrogen functional groups attached to an aromatic ring is 1. The van der Waals surface area contributed by atoms with Crippen molar-refractivity contribution in [2.24, 2.45) is 0 Å². The Morgan fingerprint density at radius 3 is 2.74 bits per heavy atom. The van der Waals surface area contributed by atoms with Crippen LogP contribution in [-0.4, -0.2) is 19.2 Å². The Morgan fingerprint density at radius 2 is 2.00 bits per heavy atom. The molecule has 2 aromatic heterocycles. The van der Waals surface area contributed by atoms with Gasteiger partial charge in [0, 0.05) is 18.1 Å². The topological polar surface area (TPSA) is 78.2 Å². The fourth-order valence-electron chi connectivity index (χ4n) is 1.94. The first-order valence-electron chi connectivity index (χ1n) is 5.97. The lowest BCUT2D eigenvalue weighted by Gasteiger charge is -2.01. The zero-order valence-corrected chi connectivity index (χ0v) is 10.2. The molecule has 0 aliphatic rings. The number of hydrogen-bond acceptors (Lipinski definition) is 4. The summed E-state index contributed by atoms with van der Waals surface area (Å²) in [6.45, 7) is 0.532. The molecule has 0 spiro atoms. The van der Waals surface area contributed by atoms with Gasteiger partial charge in [0.05, 0.1) is 12.7 Å². The largest absolute Gasteiger partial charge is 0.399 e. The SMILES string of the molecule is Nc1ccc(CCn2nc3cnccn3c2=O)cc1. The van der Waals surface area contributed by atoms with Crippen LogP contribution in [0, 0.1) is 0 Å². The van der Waals surface area contributed by atoms with Crippen molar-refractivity contribution in [1.82, 2.24) is 19.2 Å². The Kier molecular flexibility index (Phi) is 2.75. The van der Waals surface area contributed by atoms with E-state index in [-0.39, 0.29) is 5.69 Å². The lowest BCUT2D eigenvalue weighted by atomic mass is 10.1. The van der Waals surface area contributed by atoms with Crippen molar-refractivity contribution in [3.05, 3.63) is 58.9 Å². The number of aryl methyl sites for hydroxylation is 2. The monoisotopic (exact) mass is 255 g/mol. The summed E-state index contributed by atoms with van der Waals surface area (Å²) in [4.78, 5) is 16.0. The summed E-state index contributed by atoms with van der Waals surface area (Å²) in [6.07, 6.45) is 5.49. The second-order valence-electron chi connectivity index (χ2n) is 4.30. The van der Waals surface area contributed by atoms with Gasteiger partial charge in [-0.3, -0.25) is 4.98 Å². The predicted octanol–water partition coefficient (Wildman–Crippen LogP) is 0.716. The molecule has 0 saturated carbocycles. The standard InChI is InChI=1S/C13H13N5O/c14-11-3-1-10(2-4-11)5-7-18-13(19)17-8-6-15-9-12(17)16-18/h1-4,6,8-9H,5,7,14H2. The molecule has 2 heterocycles. The third kappa shape index (κ3) is 2.20. The molecule has 3 aromatic rings. The van der Waals surface area contributed by atoms with E-state index in [0.717, 1.165) is 17.7 Å². The molecule has 0 aliphatic heterocycles. The number of nitrogens with two attached hydrogens (primary N) is 1. The van der Waals surface area contributed by atoms with Gasteiger partial charge < -0.3 is 5.73 Å². The number of anilines is 1. The fraction of sp³-hybridized carbons (Fsp3) is 0.154. The van der Waals surface area contributed by atoms with Crippen molar-refractivity contribution in [2.75, 3.05) is 5.73 Å². The van der Waals surface area contributed by atoms with Gasteiger partial charge in [-0.15, -0.1) is 5.10 Å². The van der Waals surface area contributed by atoms with Gasteiger partial charge in [-0.1, -0.05) is 12.1 Å². The number of aromatic nitrogens is 4. The van der Waals surface area contributed by atoms with Crippen LogP contribution in [-0.2, 0) is 13.0 Å². The van der Waals surface area contributed by atoms with Crippen molar-refractivity contribution >= 4 is 11.3 Å². The van der Waals surface area contributed by atoms with E-state index in [1.54, 1.807) is 18.6 Å². The minimum absolute atomic E-state index is 0.146. The molecule has 0 unspecified atom stereocenters. The van der Waals surface area contributed by atoms with Crippen LogP contribution in [0.5, 0.6) is 0 Å². The summed E-state index contributed by atoms with van der Waals surface area (Å²) in [7, 11) is 0. The quantitative estimate of drug-likeness (QED) is 0.699. The summed E-state index contributed by atoms with van der Waals surface area (Å²) in [5, 5.41) is 4.22. The molecule has 6 heteroatoms. The highest BCUT2D eigenvalue weighted by Gasteiger charge is 2.05. The number of hydrogen-bond donors (Lipinski definition) is 1. The second kappa shape index (κ2) is 4.56. The highest BCUT2D eigenvalue weighted by atomic mass is 16.2. The highest BCUT2D eigenvalue weighted by Crippen LogP contribution is 2.06. The van der Waals surface area contributed by atoms with Gasteiger partial charge in [0.1, 0.15) is 0 Å². The molecule has 0 fully saturated rings. The van der Waals surface area contributed by atoms with E-state index in [9.17, 15) is 4.79 Å². The smallest absolute Gasteiger partial charge is 0.350 e. The van der Waals surface area contributed by atoms with Gasteiger partial charge >= 0.3 is 5.69 Å². The van der Waals surface area contributed by atoms with Crippen LogP contribution in [0.1, 0.15) is 5.56 Å². The van der Waals surface area contributed by atoms with E-state index >= 15 is 0 Å². The summed E-state index contributed by atoms with van der Waals surface area (Å²) < 4.78 is 2.93. The van der Waals surface area contributed by atoms with Crippen LogP contribution in [0.4, 0.5) is 5.69 Å². The highest BCUT2D eigenvalue weighted by molar-refractivity contribution is 5.39. The molecule has 19 heavy (non-hydrogen) atoms. The first kappa shape index (κ1) is 11.5. The Bertz CT molecular complexity index is 757. The van der Waals surface area contributed by atoms with Crippen LogP contribution in [0.2, 0.25) is 0 Å². The average Bonchev–Trinajstić information content (AvgIpc) is 2.76. The van der Waals surface area contributed by atoms with Crippen molar-refractivity contribution < 1.29 is 0 Å². The molecule has 1 aromatic carbocycles. The van der Waals surface area contributed by atoms with Crippen LogP contribution in [0.3, 0.4) is 0 Å². The number of benzene rings is 1. The maximum atomic E-state index is 12.0. The van der Waals surface area contributed by atoms with E-state index in [1.165, 1.54) is 9.08 Å². The summed E-state index contributed by atoms with van der Waals surface area (Å²) in [5.74, 6) is 0. The van der Waals surface area contributed by atoms with E-state index < -0.39 is 0 Å². The molecule has 0 radical (unpaired) electrons. The zero-order chi connectivity index (χ0) is 13.2. The lowest BCUT2D eigenvalue weighted by Crippen LogP contribution is -2.22. The number of fused-ring (bicyclic) bond motifs is 1. The maximum Gasteiger partial charge on any atom is 0.350 e. The van der Waals surface area contributed by atoms with Crippen LogP contribution in [0.25, 0.3) is 5.65 Å². The van der Waals surface area contributed by atoms with Gasteiger partial charge in [0.15, 0.2) is 5.65 Å². The van der Waals surface area contributed by atoms with Crippen molar-refractivity contribution in [2.45, 2.75) is 13.0 Å². The first-order valence-corrected chi connectivity index (χ1v) is 5.97. The van der Waals surface area contributed by atoms with Gasteiger partial charge in [-0.05, 0) is 24.1 Å². The van der Waals surface area contributed by atoms with Crippen molar-refractivity contribution in [3.8, 4) is 0 Å². The van der Waals surface area contributed by atoms with Crippen LogP contribution in [0.15, 0.2) is 47.7 Å². The molecular weight excluding hydrogens is 242 g/mol. The Morgan fingerprint density at radius 1 is 1.21 bits per heavy atom. The zero-order valence-electron chi connectivity index (χ0n) is 10.2. The second-order valence-corrected chi connectivity index (χ2v) is 4.30. The summed E-state index contributed by atoms with van der Waals surface area (Å²) in [5.41, 5.74) is 7.90. The van der Waals surface area contributed by atoms with E-state index in [2.05, 4.69) is 10.1 Å². The van der Waals surface area contributed by atoms with Gasteiger partial charge in [0.25, 0.3) is 0 Å². The first-order chi connectivity index (χ1) is 9.24. The molecule has 6 nitrogen and oxygen atoms in total. The third-order valence-electron chi connectivity index (χ3n) is 2.98. The molecule has 96 valence electrons. The predicted molar refractivity (Wildman–Crippen MR) is 71.8 cm³/mol. The van der Waals surface area contributed by atoms with Crippen molar-refractivity contribution in [1.29, 1.82) is 0 Å². The maximum absolute atomic E-state index is 12.0. The summed E-state index contributed by atoms with van der Waals surface area (Å²) in [6, 6.07) is 7.62. The Hall–Kier alpha value is -2.63. The van der Waals surface area contributed by atoms with Gasteiger partial charge in [-0.2, -0.15) is 0 Å². The minimum atomic E-state index is -0.146. The molecule has 0 saturated heterocycles. The normalized spacial score (nSPS) is 10.9. The number of nitrogens with zero attached hydrogens (tertiary/aromatic N) is 4. The Balaban J connectivity index is 1.84. The van der Waals surface area contributed by atoms with Gasteiger partial charge in [0.2, 0.25) is 0 Å². The summed E-state index contributed by atoms with van der Waals surface area (Å²) >= 11 is 0. The molecule has 0 aliphatic carbocycles. The van der Waals surface area contributed by atoms with E-state index in [4.69, 9.17) is 5.73 Å². The molecule has 0 bridgehead atoms. The van der Waals surface area contributed by atoms with Crippen LogP contribution >= 0.6 is 0 Å². The molecule has 2 N–H and O–H groups in total.